The fourth-order valence-electron chi connectivity index (χ4n) is 5.95. The summed E-state index contributed by atoms with van der Waals surface area (Å²) in [5, 5.41) is 10.2. The van der Waals surface area contributed by atoms with E-state index in [-0.39, 0.29) is 23.4 Å². The Morgan fingerprint density at radius 3 is 1.87 bits per heavy atom. The van der Waals surface area contributed by atoms with E-state index in [1.165, 1.54) is 3.58 Å². The zero-order valence-electron chi connectivity index (χ0n) is 17.5. The number of carbonyl (C=O) groups is 2. The molecule has 4 nitrogen and oxygen atoms in total. The zero-order valence-corrected chi connectivity index (χ0v) is 19.7. The molecule has 0 radical (unpaired) electrons. The quantitative estimate of drug-likeness (QED) is 0.414. The molecule has 0 fully saturated rings. The van der Waals surface area contributed by atoms with Crippen molar-refractivity contribution >= 4 is 34.5 Å². The van der Waals surface area contributed by atoms with Crippen molar-refractivity contribution in [2.24, 2.45) is 17.3 Å². The highest BCUT2D eigenvalue weighted by Gasteiger charge is 2.56. The van der Waals surface area contributed by atoms with Gasteiger partial charge in [-0.3, -0.25) is 9.59 Å². The molecule has 1 N–H and O–H groups in total. The number of benzene rings is 2. The van der Waals surface area contributed by atoms with Gasteiger partial charge in [-0.1, -0.05) is 62.4 Å². The van der Waals surface area contributed by atoms with Gasteiger partial charge in [-0.2, -0.15) is 0 Å². The van der Waals surface area contributed by atoms with E-state index in [2.05, 4.69) is 36.4 Å². The van der Waals surface area contributed by atoms with E-state index in [1.54, 1.807) is 0 Å². The van der Waals surface area contributed by atoms with E-state index in [1.807, 2.05) is 54.6 Å². The Labute approximate surface area is 195 Å². The maximum Gasteiger partial charge on any atom is 0.311 e. The van der Waals surface area contributed by atoms with Crippen molar-refractivity contribution in [2.45, 2.75) is 44.6 Å². The van der Waals surface area contributed by atoms with Gasteiger partial charge in [0.05, 0.1) is 11.8 Å². The normalized spacial score (nSPS) is 30.0. The number of aliphatic carboxylic acids is 1. The van der Waals surface area contributed by atoms with Crippen LogP contribution in [0.25, 0.3) is 0 Å². The molecule has 3 atom stereocenters. The van der Waals surface area contributed by atoms with Crippen LogP contribution in [0.5, 0.6) is 0 Å². The van der Waals surface area contributed by atoms with Crippen molar-refractivity contribution in [3.63, 3.8) is 0 Å². The standard InChI is InChI=1S/C26H25IO4/c1-26(2)12-14(27)11-15(13-26)31-25(30)23-21-18-9-5-3-7-16(18)20(22(23)24(28)29)17-8-4-6-10-19(17)21/h3-11,15,20-23H,12-13H2,1-2H3,(H,28,29). The molecule has 2 aromatic carbocycles. The maximum absolute atomic E-state index is 13.6. The summed E-state index contributed by atoms with van der Waals surface area (Å²) in [6, 6.07) is 15.9. The summed E-state index contributed by atoms with van der Waals surface area (Å²) in [5.41, 5.74) is 4.21. The lowest BCUT2D eigenvalue weighted by Crippen LogP contribution is -2.48. The molecular weight excluding hydrogens is 503 g/mol. The van der Waals surface area contributed by atoms with Gasteiger partial charge in [0.25, 0.3) is 0 Å². The second kappa shape index (κ2) is 7.47. The SMILES string of the molecule is CC1(C)CC(I)=CC(OC(=O)C2C3c4ccccc4C(c4ccccc43)C2C(=O)O)C1. The number of hydrogen-bond acceptors (Lipinski definition) is 3. The molecule has 31 heavy (non-hydrogen) atoms. The Bertz CT molecular complexity index is 1050. The third kappa shape index (κ3) is 3.41. The molecular formula is C26H25IO4. The highest BCUT2D eigenvalue weighted by Crippen LogP contribution is 2.58. The van der Waals surface area contributed by atoms with Gasteiger partial charge >= 0.3 is 11.9 Å². The monoisotopic (exact) mass is 528 g/mol. The predicted octanol–water partition coefficient (Wildman–Crippen LogP) is 5.65. The average Bonchev–Trinajstić information content (AvgIpc) is 2.71. The fourth-order valence-corrected chi connectivity index (χ4v) is 7.39. The van der Waals surface area contributed by atoms with Crippen LogP contribution in [0.2, 0.25) is 0 Å². The van der Waals surface area contributed by atoms with Crippen LogP contribution >= 0.6 is 22.6 Å². The average molecular weight is 528 g/mol. The smallest absolute Gasteiger partial charge is 0.311 e. The van der Waals surface area contributed by atoms with Crippen molar-refractivity contribution in [3.05, 3.63) is 80.4 Å². The van der Waals surface area contributed by atoms with Gasteiger partial charge in [-0.05, 0) is 72.8 Å². The van der Waals surface area contributed by atoms with Crippen LogP contribution in [0.3, 0.4) is 0 Å². The van der Waals surface area contributed by atoms with Gasteiger partial charge in [0.2, 0.25) is 0 Å². The maximum atomic E-state index is 13.6. The number of fused-ring (bicyclic) bond motifs is 1. The summed E-state index contributed by atoms with van der Waals surface area (Å²) in [7, 11) is 0. The largest absolute Gasteiger partial charge is 0.481 e. The van der Waals surface area contributed by atoms with E-state index in [0.29, 0.717) is 0 Å². The fraction of sp³-hybridized carbons (Fsp3) is 0.385. The molecule has 4 aliphatic rings. The lowest BCUT2D eigenvalue weighted by atomic mass is 9.54. The molecule has 0 aromatic heterocycles. The molecule has 2 bridgehead atoms. The Morgan fingerprint density at radius 1 is 0.935 bits per heavy atom. The number of halogens is 1. The Hall–Kier alpha value is -2.15. The highest BCUT2D eigenvalue weighted by atomic mass is 127. The summed E-state index contributed by atoms with van der Waals surface area (Å²) < 4.78 is 7.20. The van der Waals surface area contributed by atoms with Gasteiger partial charge in [-0.25, -0.2) is 0 Å². The third-order valence-corrected chi connectivity index (χ3v) is 7.77. The number of carboxylic acid groups (broad SMARTS) is 1. The lowest BCUT2D eigenvalue weighted by Gasteiger charge is -2.48. The topological polar surface area (TPSA) is 63.6 Å². The van der Waals surface area contributed by atoms with Crippen molar-refractivity contribution in [1.29, 1.82) is 0 Å². The first kappa shape index (κ1) is 20.7. The molecule has 160 valence electrons. The summed E-state index contributed by atoms with van der Waals surface area (Å²) in [6.07, 6.45) is 3.41. The predicted molar refractivity (Wildman–Crippen MR) is 126 cm³/mol. The molecule has 3 unspecified atom stereocenters. The minimum absolute atomic E-state index is 0.0488. The highest BCUT2D eigenvalue weighted by molar-refractivity contribution is 14.1. The van der Waals surface area contributed by atoms with Gasteiger partial charge in [0.1, 0.15) is 6.10 Å². The van der Waals surface area contributed by atoms with E-state index in [0.717, 1.165) is 35.1 Å². The second-order valence-electron chi connectivity index (χ2n) is 9.74. The molecule has 0 aliphatic heterocycles. The van der Waals surface area contributed by atoms with Crippen LogP contribution in [0.15, 0.2) is 58.2 Å². The molecule has 0 heterocycles. The minimum atomic E-state index is -0.935. The van der Waals surface area contributed by atoms with Crippen LogP contribution in [0, 0.1) is 17.3 Å². The van der Waals surface area contributed by atoms with E-state index in [4.69, 9.17) is 4.74 Å². The number of ether oxygens (including phenoxy) is 1. The Balaban J connectivity index is 1.58. The number of carbonyl (C=O) groups excluding carboxylic acids is 1. The van der Waals surface area contributed by atoms with Crippen LogP contribution in [-0.2, 0) is 14.3 Å². The van der Waals surface area contributed by atoms with Crippen molar-refractivity contribution < 1.29 is 19.4 Å². The third-order valence-electron chi connectivity index (χ3n) is 7.03. The summed E-state index contributed by atoms with van der Waals surface area (Å²) in [6.45, 7) is 4.35. The molecule has 0 saturated carbocycles. The molecule has 0 saturated heterocycles. The molecule has 0 spiro atoms. The number of carboxylic acids is 1. The van der Waals surface area contributed by atoms with Crippen LogP contribution in [-0.4, -0.2) is 23.1 Å². The summed E-state index contributed by atoms with van der Waals surface area (Å²) >= 11 is 2.31. The molecule has 0 amide bonds. The Kier molecular flexibility index (Phi) is 5.00. The molecule has 4 aliphatic carbocycles. The van der Waals surface area contributed by atoms with Crippen LogP contribution in [0.1, 0.15) is 60.8 Å². The first-order valence-corrected chi connectivity index (χ1v) is 11.8. The van der Waals surface area contributed by atoms with Gasteiger partial charge in [0.15, 0.2) is 0 Å². The number of esters is 1. The zero-order chi connectivity index (χ0) is 21.9. The van der Waals surface area contributed by atoms with Crippen LogP contribution in [0.4, 0.5) is 0 Å². The Morgan fingerprint density at radius 2 is 1.42 bits per heavy atom. The van der Waals surface area contributed by atoms with Gasteiger partial charge in [0, 0.05) is 11.8 Å². The van der Waals surface area contributed by atoms with Gasteiger partial charge in [-0.15, -0.1) is 0 Å². The van der Waals surface area contributed by atoms with Crippen LogP contribution < -0.4 is 0 Å². The number of hydrogen-bond donors (Lipinski definition) is 1. The first-order chi connectivity index (χ1) is 14.8. The molecule has 6 rings (SSSR count). The number of allylic oxidation sites excluding steroid dienone is 1. The minimum Gasteiger partial charge on any atom is -0.481 e. The van der Waals surface area contributed by atoms with Crippen molar-refractivity contribution in [1.82, 2.24) is 0 Å². The lowest BCUT2D eigenvalue weighted by molar-refractivity contribution is -0.163. The van der Waals surface area contributed by atoms with E-state index in [9.17, 15) is 14.7 Å². The van der Waals surface area contributed by atoms with Gasteiger partial charge < -0.3 is 9.84 Å². The second-order valence-corrected chi connectivity index (χ2v) is 11.1. The molecule has 5 heteroatoms. The molecule has 2 aromatic rings. The number of rotatable bonds is 3. The van der Waals surface area contributed by atoms with Crippen molar-refractivity contribution in [2.75, 3.05) is 0 Å². The summed E-state index contributed by atoms with van der Waals surface area (Å²) in [5.74, 6) is -3.54. The van der Waals surface area contributed by atoms with E-state index >= 15 is 0 Å². The first-order valence-electron chi connectivity index (χ1n) is 10.7. The van der Waals surface area contributed by atoms with Crippen molar-refractivity contribution in [3.8, 4) is 0 Å². The van der Waals surface area contributed by atoms with E-state index < -0.39 is 23.8 Å². The summed E-state index contributed by atoms with van der Waals surface area (Å²) in [4.78, 5) is 26.1.